The van der Waals surface area contributed by atoms with Crippen molar-refractivity contribution in [2.24, 2.45) is 0 Å². The van der Waals surface area contributed by atoms with Gasteiger partial charge in [0.15, 0.2) is 5.01 Å². The number of amidine groups is 1. The lowest BCUT2D eigenvalue weighted by molar-refractivity contribution is -0.143. The van der Waals surface area contributed by atoms with Crippen LogP contribution in [0.3, 0.4) is 0 Å². The highest BCUT2D eigenvalue weighted by Crippen LogP contribution is 2.29. The Hall–Kier alpha value is -4.45. The molecule has 15 nitrogen and oxygen atoms in total. The van der Waals surface area contributed by atoms with Crippen LogP contribution in [0.15, 0.2) is 41.3 Å². The lowest BCUT2D eigenvalue weighted by atomic mass is 10.1. The smallest absolute Gasteiger partial charge is 0.412 e. The normalized spacial score (nSPS) is 17.0. The van der Waals surface area contributed by atoms with Crippen molar-refractivity contribution in [3.05, 3.63) is 57.5 Å². The number of alkyl carbamates (subject to hydrolysis) is 1. The molecule has 48 heavy (non-hydrogen) atoms. The average molecular weight is 700 g/mol. The van der Waals surface area contributed by atoms with Gasteiger partial charge in [0.25, 0.3) is 5.91 Å². The summed E-state index contributed by atoms with van der Waals surface area (Å²) in [5, 5.41) is 14.4. The lowest BCUT2D eigenvalue weighted by Gasteiger charge is -2.40. The summed E-state index contributed by atoms with van der Waals surface area (Å²) < 4.78 is 38.5. The first kappa shape index (κ1) is 34.9. The number of piperazine rings is 1. The summed E-state index contributed by atoms with van der Waals surface area (Å²) in [5.41, 5.74) is 1.29. The number of rotatable bonds is 9. The van der Waals surface area contributed by atoms with E-state index < -0.39 is 34.0 Å². The Morgan fingerprint density at radius 1 is 1.08 bits per heavy atom. The van der Waals surface area contributed by atoms with Crippen LogP contribution in [0.5, 0.6) is 0 Å². The zero-order chi connectivity index (χ0) is 34.6. The maximum Gasteiger partial charge on any atom is 0.412 e. The van der Waals surface area contributed by atoms with Crippen LogP contribution in [0, 0.1) is 5.41 Å². The quantitative estimate of drug-likeness (QED) is 0.168. The Kier molecular flexibility index (Phi) is 10.7. The number of nitrogens with zero attached hydrogens (tertiary/aromatic N) is 4. The second kappa shape index (κ2) is 14.8. The zero-order valence-corrected chi connectivity index (χ0v) is 28.4. The molecule has 1 fully saturated rings. The van der Waals surface area contributed by atoms with Gasteiger partial charge in [-0.2, -0.15) is 4.31 Å². The number of aromatic nitrogens is 1. The number of likely N-dealkylation sites (N-methyl/N-ethyl adjacent to an activating group) is 1. The predicted octanol–water partition coefficient (Wildman–Crippen LogP) is 1.55. The fraction of sp³-hybridized carbons (Fsp3) is 0.419. The SMILES string of the molecule is CCOC(=O)CNC(=O)CC1CN(S(=O)(=O)c2ccc3cc(C(=N)NC(=O)OC)ccc3c2)CCN1C(=O)c1nc2c(s1)CN(C)CC2. The van der Waals surface area contributed by atoms with Gasteiger partial charge >= 0.3 is 12.1 Å². The van der Waals surface area contributed by atoms with Gasteiger partial charge in [0.05, 0.1) is 30.3 Å². The van der Waals surface area contributed by atoms with Gasteiger partial charge in [-0.1, -0.05) is 18.2 Å². The molecule has 1 atom stereocenters. The number of hydrogen-bond acceptors (Lipinski definition) is 12. The summed E-state index contributed by atoms with van der Waals surface area (Å²) in [5.74, 6) is -1.68. The molecule has 5 rings (SSSR count). The van der Waals surface area contributed by atoms with Gasteiger partial charge in [0, 0.05) is 56.0 Å². The van der Waals surface area contributed by atoms with Gasteiger partial charge in [-0.15, -0.1) is 11.3 Å². The summed E-state index contributed by atoms with van der Waals surface area (Å²) in [4.78, 5) is 59.4. The second-order valence-electron chi connectivity index (χ2n) is 11.4. The van der Waals surface area contributed by atoms with E-state index in [1.807, 2.05) is 7.05 Å². The maximum absolute atomic E-state index is 13.9. The number of amides is 3. The first-order valence-electron chi connectivity index (χ1n) is 15.3. The molecule has 1 saturated heterocycles. The minimum atomic E-state index is -4.07. The molecule has 256 valence electrons. The molecule has 3 N–H and O–H groups in total. The standard InChI is InChI=1S/C31H37N7O8S2/c1-4-46-27(40)16-33-26(39)15-22-17-37(11-12-38(22)30(41)29-34-24-9-10-36(2)18-25(24)47-29)48(43,44)23-8-7-19-13-21(6-5-20(19)14-23)28(32)35-31(42)45-3/h5-8,13-14,22H,4,9-12,15-18H2,1-3H3,(H,33,39)(H2,32,35,42). The molecule has 0 aliphatic carbocycles. The minimum absolute atomic E-state index is 0.00379. The molecule has 3 heterocycles. The Bertz CT molecular complexity index is 1860. The number of benzene rings is 2. The molecule has 0 spiro atoms. The van der Waals surface area contributed by atoms with Crippen molar-refractivity contribution in [2.45, 2.75) is 37.2 Å². The van der Waals surface area contributed by atoms with E-state index in [0.29, 0.717) is 27.9 Å². The minimum Gasteiger partial charge on any atom is -0.465 e. The zero-order valence-electron chi connectivity index (χ0n) is 26.8. The highest BCUT2D eigenvalue weighted by atomic mass is 32.2. The third-order valence-electron chi connectivity index (χ3n) is 8.12. The summed E-state index contributed by atoms with van der Waals surface area (Å²) in [7, 11) is -0.877. The fourth-order valence-corrected chi connectivity index (χ4v) is 8.26. The fourth-order valence-electron chi connectivity index (χ4n) is 5.61. The molecule has 0 bridgehead atoms. The van der Waals surface area contributed by atoms with E-state index >= 15 is 0 Å². The van der Waals surface area contributed by atoms with Crippen LogP contribution < -0.4 is 10.6 Å². The first-order chi connectivity index (χ1) is 22.9. The predicted molar refractivity (Wildman–Crippen MR) is 176 cm³/mol. The van der Waals surface area contributed by atoms with Crippen LogP contribution in [0.1, 0.15) is 39.3 Å². The van der Waals surface area contributed by atoms with Gasteiger partial charge in [0.1, 0.15) is 12.4 Å². The average Bonchev–Trinajstić information content (AvgIpc) is 3.50. The van der Waals surface area contributed by atoms with Crippen molar-refractivity contribution >= 4 is 61.8 Å². The number of methoxy groups -OCH3 is 1. The van der Waals surface area contributed by atoms with Crippen LogP contribution in [0.4, 0.5) is 4.79 Å². The Balaban J connectivity index is 1.37. The molecule has 1 unspecified atom stereocenters. The Morgan fingerprint density at radius 3 is 2.58 bits per heavy atom. The van der Waals surface area contributed by atoms with E-state index in [9.17, 15) is 27.6 Å². The van der Waals surface area contributed by atoms with E-state index in [4.69, 9.17) is 10.1 Å². The molecule has 1 aromatic heterocycles. The van der Waals surface area contributed by atoms with E-state index in [2.05, 4.69) is 25.3 Å². The van der Waals surface area contributed by atoms with Crippen LogP contribution >= 0.6 is 11.3 Å². The number of fused-ring (bicyclic) bond motifs is 2. The molecule has 2 aliphatic heterocycles. The van der Waals surface area contributed by atoms with E-state index in [-0.39, 0.29) is 55.8 Å². The van der Waals surface area contributed by atoms with Crippen molar-refractivity contribution in [2.75, 3.05) is 53.5 Å². The third-order valence-corrected chi connectivity index (χ3v) is 11.0. The van der Waals surface area contributed by atoms with Crippen molar-refractivity contribution < 1.29 is 37.1 Å². The summed E-state index contributed by atoms with van der Waals surface area (Å²) in [6.45, 7) is 2.86. The molecule has 2 aromatic carbocycles. The third kappa shape index (κ3) is 7.81. The highest BCUT2D eigenvalue weighted by Gasteiger charge is 2.39. The molecule has 17 heteroatoms. The summed E-state index contributed by atoms with van der Waals surface area (Å²) in [6, 6.07) is 8.63. The topological polar surface area (TPSA) is 191 Å². The number of hydrogen-bond donors (Lipinski definition) is 3. The Labute approximate surface area is 281 Å². The largest absolute Gasteiger partial charge is 0.465 e. The lowest BCUT2D eigenvalue weighted by Crippen LogP contribution is -2.57. The van der Waals surface area contributed by atoms with Crippen LogP contribution in [0.25, 0.3) is 10.8 Å². The van der Waals surface area contributed by atoms with Crippen LogP contribution in [-0.4, -0.2) is 117 Å². The molecule has 2 aliphatic rings. The van der Waals surface area contributed by atoms with Gasteiger partial charge in [-0.05, 0) is 42.9 Å². The molecule has 3 amide bonds. The molecule has 0 saturated carbocycles. The van der Waals surface area contributed by atoms with Gasteiger partial charge in [-0.25, -0.2) is 18.2 Å². The summed E-state index contributed by atoms with van der Waals surface area (Å²) >= 11 is 1.31. The number of nitrogens with one attached hydrogen (secondary N) is 3. The number of carbonyl (C=O) groups excluding carboxylic acids is 4. The first-order valence-corrected chi connectivity index (χ1v) is 17.5. The molecule has 3 aromatic rings. The van der Waals surface area contributed by atoms with E-state index in [1.165, 1.54) is 39.8 Å². The van der Waals surface area contributed by atoms with Gasteiger partial charge in [0.2, 0.25) is 15.9 Å². The van der Waals surface area contributed by atoms with Crippen LogP contribution in [0.2, 0.25) is 0 Å². The second-order valence-corrected chi connectivity index (χ2v) is 14.4. The van der Waals surface area contributed by atoms with Crippen molar-refractivity contribution in [1.82, 2.24) is 29.7 Å². The van der Waals surface area contributed by atoms with Crippen molar-refractivity contribution in [3.63, 3.8) is 0 Å². The van der Waals surface area contributed by atoms with Gasteiger partial charge < -0.3 is 24.6 Å². The van der Waals surface area contributed by atoms with Crippen LogP contribution in [-0.2, 0) is 42.1 Å². The van der Waals surface area contributed by atoms with Crippen molar-refractivity contribution in [3.8, 4) is 0 Å². The molecular weight excluding hydrogens is 663 g/mol. The number of sulfonamides is 1. The number of thiazole rings is 1. The van der Waals surface area contributed by atoms with Crippen molar-refractivity contribution in [1.29, 1.82) is 5.41 Å². The maximum atomic E-state index is 13.9. The molecular formula is C31H37N7O8S2. The number of esters is 1. The van der Waals surface area contributed by atoms with E-state index in [0.717, 1.165) is 23.5 Å². The summed E-state index contributed by atoms with van der Waals surface area (Å²) in [6.07, 6.45) is -0.296. The molecule has 0 radical (unpaired) electrons. The Morgan fingerprint density at radius 2 is 1.83 bits per heavy atom. The monoisotopic (exact) mass is 699 g/mol. The number of carbonyl (C=O) groups is 4. The van der Waals surface area contributed by atoms with E-state index in [1.54, 1.807) is 31.2 Å². The van der Waals surface area contributed by atoms with Gasteiger partial charge in [-0.3, -0.25) is 25.1 Å². The highest BCUT2D eigenvalue weighted by molar-refractivity contribution is 7.89. The number of ether oxygens (including phenoxy) is 2.